The molecule has 1 heterocycles. The molecule has 2 rings (SSSR count). The van der Waals surface area contributed by atoms with Crippen LogP contribution in [0.25, 0.3) is 0 Å². The maximum atomic E-state index is 12.1. The van der Waals surface area contributed by atoms with E-state index in [9.17, 15) is 9.59 Å². The monoisotopic (exact) mass is 276 g/mol. The van der Waals surface area contributed by atoms with Crippen LogP contribution in [0.1, 0.15) is 68.4 Å². The molecule has 0 unspecified atom stereocenters. The lowest BCUT2D eigenvalue weighted by Gasteiger charge is -2.15. The minimum absolute atomic E-state index is 0.0902. The minimum atomic E-state index is -0.275. The number of carbonyl (C=O) groups is 1. The van der Waals surface area contributed by atoms with E-state index in [0.29, 0.717) is 11.8 Å². The normalized spacial score (nSPS) is 16.2. The molecule has 0 radical (unpaired) electrons. The number of pyridine rings is 1. The van der Waals surface area contributed by atoms with Crippen molar-refractivity contribution in [3.05, 3.63) is 33.7 Å². The highest BCUT2D eigenvalue weighted by molar-refractivity contribution is 5.93. The van der Waals surface area contributed by atoms with Gasteiger partial charge in [-0.3, -0.25) is 9.59 Å². The van der Waals surface area contributed by atoms with Crippen LogP contribution in [-0.4, -0.2) is 16.9 Å². The summed E-state index contributed by atoms with van der Waals surface area (Å²) in [5.41, 5.74) is 0.896. The first-order valence-electron chi connectivity index (χ1n) is 7.51. The molecular weight excluding hydrogens is 252 g/mol. The van der Waals surface area contributed by atoms with Gasteiger partial charge in [-0.25, -0.2) is 0 Å². The summed E-state index contributed by atoms with van der Waals surface area (Å²) in [6, 6.07) is 3.61. The number of amides is 1. The predicted octanol–water partition coefficient (Wildman–Crippen LogP) is 2.81. The molecule has 20 heavy (non-hydrogen) atoms. The van der Waals surface area contributed by atoms with Crippen LogP contribution in [0.4, 0.5) is 0 Å². The van der Waals surface area contributed by atoms with E-state index in [4.69, 9.17) is 0 Å². The third kappa shape index (κ3) is 3.95. The molecular formula is C16H24N2O2. The molecule has 0 bridgehead atoms. The Morgan fingerprint density at radius 1 is 1.30 bits per heavy atom. The van der Waals surface area contributed by atoms with Gasteiger partial charge in [-0.05, 0) is 56.6 Å². The molecule has 1 aromatic rings. The van der Waals surface area contributed by atoms with Gasteiger partial charge in [0.15, 0.2) is 0 Å². The summed E-state index contributed by atoms with van der Waals surface area (Å²) in [5.74, 6) is 0.838. The Kier molecular flexibility index (Phi) is 4.63. The largest absolute Gasteiger partial charge is 0.349 e. The average Bonchev–Trinajstić information content (AvgIpc) is 3.20. The first-order chi connectivity index (χ1) is 9.47. The van der Waals surface area contributed by atoms with Crippen molar-refractivity contribution in [2.45, 2.75) is 58.4 Å². The van der Waals surface area contributed by atoms with Gasteiger partial charge in [-0.2, -0.15) is 0 Å². The third-order valence-corrected chi connectivity index (χ3v) is 3.75. The Balaban J connectivity index is 1.96. The van der Waals surface area contributed by atoms with E-state index in [2.05, 4.69) is 24.1 Å². The van der Waals surface area contributed by atoms with Crippen LogP contribution in [0.2, 0.25) is 0 Å². The smallest absolute Gasteiger partial charge is 0.261 e. The van der Waals surface area contributed by atoms with Gasteiger partial charge in [-0.1, -0.05) is 13.8 Å². The van der Waals surface area contributed by atoms with Crippen LogP contribution in [0.3, 0.4) is 0 Å². The fraction of sp³-hybridized carbons (Fsp3) is 0.625. The van der Waals surface area contributed by atoms with E-state index in [1.165, 1.54) is 0 Å². The van der Waals surface area contributed by atoms with Crippen molar-refractivity contribution in [3.8, 4) is 0 Å². The molecule has 1 aliphatic carbocycles. The van der Waals surface area contributed by atoms with E-state index in [-0.39, 0.29) is 23.1 Å². The summed E-state index contributed by atoms with van der Waals surface area (Å²) in [7, 11) is 0. The van der Waals surface area contributed by atoms with Crippen molar-refractivity contribution in [2.24, 2.45) is 5.92 Å². The number of hydrogen-bond acceptors (Lipinski definition) is 2. The van der Waals surface area contributed by atoms with Crippen LogP contribution in [0.5, 0.6) is 0 Å². The first kappa shape index (κ1) is 14.8. The van der Waals surface area contributed by atoms with Crippen molar-refractivity contribution >= 4 is 5.91 Å². The van der Waals surface area contributed by atoms with E-state index >= 15 is 0 Å². The Morgan fingerprint density at radius 2 is 2.00 bits per heavy atom. The van der Waals surface area contributed by atoms with Crippen molar-refractivity contribution in [1.82, 2.24) is 10.3 Å². The van der Waals surface area contributed by atoms with E-state index in [1.807, 2.05) is 13.0 Å². The molecule has 1 fully saturated rings. The molecule has 2 N–H and O–H groups in total. The Bertz CT molecular complexity index is 530. The van der Waals surface area contributed by atoms with Gasteiger partial charge in [0.05, 0.1) is 0 Å². The van der Waals surface area contributed by atoms with Crippen LogP contribution in [-0.2, 0) is 0 Å². The molecule has 1 amide bonds. The molecule has 0 spiro atoms. The summed E-state index contributed by atoms with van der Waals surface area (Å²) >= 11 is 0. The Morgan fingerprint density at radius 3 is 2.55 bits per heavy atom. The number of hydrogen-bond donors (Lipinski definition) is 2. The van der Waals surface area contributed by atoms with Crippen molar-refractivity contribution in [3.63, 3.8) is 0 Å². The number of nitrogens with one attached hydrogen (secondary N) is 2. The summed E-state index contributed by atoms with van der Waals surface area (Å²) in [4.78, 5) is 26.9. The third-order valence-electron chi connectivity index (χ3n) is 3.75. The van der Waals surface area contributed by atoms with Crippen molar-refractivity contribution in [1.29, 1.82) is 0 Å². The Hall–Kier alpha value is -1.58. The standard InChI is InChI=1S/C16H24N2O2/c1-10(2)4-5-11(3)17-15(19)13-8-9-14(12-6-7-12)18-16(13)20/h8-12H,4-7H2,1-3H3,(H,17,19)(H,18,20)/t11-/m1/s1. The van der Waals surface area contributed by atoms with Crippen molar-refractivity contribution in [2.75, 3.05) is 0 Å². The summed E-state index contributed by atoms with van der Waals surface area (Å²) < 4.78 is 0. The molecule has 0 aromatic carbocycles. The molecule has 1 saturated carbocycles. The van der Waals surface area contributed by atoms with Gasteiger partial charge in [-0.15, -0.1) is 0 Å². The van der Waals surface area contributed by atoms with Gasteiger partial charge in [0, 0.05) is 11.7 Å². The van der Waals surface area contributed by atoms with Crippen LogP contribution < -0.4 is 10.9 Å². The van der Waals surface area contributed by atoms with E-state index < -0.39 is 0 Å². The molecule has 1 aliphatic rings. The van der Waals surface area contributed by atoms with Gasteiger partial charge < -0.3 is 10.3 Å². The Labute approximate surface area is 120 Å². The molecule has 110 valence electrons. The highest BCUT2D eigenvalue weighted by Gasteiger charge is 2.25. The maximum absolute atomic E-state index is 12.1. The number of rotatable bonds is 6. The summed E-state index contributed by atoms with van der Waals surface area (Å²) in [6.07, 6.45) is 4.27. The van der Waals surface area contributed by atoms with Crippen LogP contribution in [0, 0.1) is 5.92 Å². The van der Waals surface area contributed by atoms with Gasteiger partial charge in [0.2, 0.25) is 0 Å². The van der Waals surface area contributed by atoms with Crippen molar-refractivity contribution < 1.29 is 4.79 Å². The molecule has 0 saturated heterocycles. The molecule has 0 aliphatic heterocycles. The number of H-pyrrole nitrogens is 1. The van der Waals surface area contributed by atoms with Crippen LogP contribution >= 0.6 is 0 Å². The second kappa shape index (κ2) is 6.25. The first-order valence-corrected chi connectivity index (χ1v) is 7.51. The topological polar surface area (TPSA) is 62.0 Å². The lowest BCUT2D eigenvalue weighted by molar-refractivity contribution is 0.0935. The maximum Gasteiger partial charge on any atom is 0.261 e. The fourth-order valence-electron chi connectivity index (χ4n) is 2.26. The van der Waals surface area contributed by atoms with Crippen LogP contribution in [0.15, 0.2) is 16.9 Å². The number of aromatic amines is 1. The molecule has 1 aromatic heterocycles. The number of carbonyl (C=O) groups excluding carboxylic acids is 1. The van der Waals surface area contributed by atoms with Gasteiger partial charge in [0.1, 0.15) is 5.56 Å². The molecule has 4 heteroatoms. The minimum Gasteiger partial charge on any atom is -0.349 e. The van der Waals surface area contributed by atoms with E-state index in [1.54, 1.807) is 6.07 Å². The second-order valence-electron chi connectivity index (χ2n) is 6.28. The summed E-state index contributed by atoms with van der Waals surface area (Å²) in [6.45, 7) is 6.30. The zero-order valence-corrected chi connectivity index (χ0v) is 12.5. The SMILES string of the molecule is CC(C)CC[C@@H](C)NC(=O)c1ccc(C2CC2)[nH]c1=O. The quantitative estimate of drug-likeness (QED) is 0.839. The van der Waals surface area contributed by atoms with Gasteiger partial charge in [0.25, 0.3) is 11.5 Å². The molecule has 1 atom stereocenters. The highest BCUT2D eigenvalue weighted by Crippen LogP contribution is 2.38. The van der Waals surface area contributed by atoms with Gasteiger partial charge >= 0.3 is 0 Å². The zero-order chi connectivity index (χ0) is 14.7. The summed E-state index contributed by atoms with van der Waals surface area (Å²) in [5, 5.41) is 2.90. The second-order valence-corrected chi connectivity index (χ2v) is 6.28. The fourth-order valence-corrected chi connectivity index (χ4v) is 2.26. The zero-order valence-electron chi connectivity index (χ0n) is 12.5. The lowest BCUT2D eigenvalue weighted by Crippen LogP contribution is -2.36. The molecule has 4 nitrogen and oxygen atoms in total. The number of aromatic nitrogens is 1. The van der Waals surface area contributed by atoms with E-state index in [0.717, 1.165) is 31.4 Å². The average molecular weight is 276 g/mol. The lowest BCUT2D eigenvalue weighted by atomic mass is 10.0. The highest BCUT2D eigenvalue weighted by atomic mass is 16.2. The predicted molar refractivity (Wildman–Crippen MR) is 80.0 cm³/mol.